The largest absolute Gasteiger partial charge is 0.469 e. The Bertz CT molecular complexity index is 308. The van der Waals surface area contributed by atoms with Crippen molar-refractivity contribution in [2.45, 2.75) is 0 Å². The van der Waals surface area contributed by atoms with Crippen LogP contribution in [0.5, 0.6) is 0 Å². The van der Waals surface area contributed by atoms with Crippen LogP contribution in [0.3, 0.4) is 0 Å². The van der Waals surface area contributed by atoms with Crippen molar-refractivity contribution in [2.24, 2.45) is 0 Å². The molecular weight excluding hydrogens is 211 g/mol. The van der Waals surface area contributed by atoms with Gasteiger partial charge in [-0.3, -0.25) is 4.79 Å². The van der Waals surface area contributed by atoms with Gasteiger partial charge in [-0.2, -0.15) is 0 Å². The summed E-state index contributed by atoms with van der Waals surface area (Å²) in [7, 11) is 1.35. The van der Waals surface area contributed by atoms with E-state index in [1.165, 1.54) is 13.9 Å². The molecule has 0 bridgehead atoms. The lowest BCUT2D eigenvalue weighted by Crippen LogP contribution is -2.03. The molecule has 15 heavy (non-hydrogen) atoms. The van der Waals surface area contributed by atoms with Gasteiger partial charge in [0.2, 0.25) is 13.7 Å². The van der Waals surface area contributed by atoms with Crippen LogP contribution in [0.1, 0.15) is 0 Å². The first kappa shape index (κ1) is 13.6. The Balaban J connectivity index is 4.45. The van der Waals surface area contributed by atoms with Crippen LogP contribution in [0.2, 0.25) is 0 Å². The number of rotatable bonds is 6. The third kappa shape index (κ3) is 6.68. The van der Waals surface area contributed by atoms with Gasteiger partial charge in [0, 0.05) is 12.9 Å². The molecule has 0 unspecified atom stereocenters. The normalized spacial score (nSPS) is 11.8. The quantitative estimate of drug-likeness (QED) is 0.245. The summed E-state index contributed by atoms with van der Waals surface area (Å²) in [6, 6.07) is 0. The third-order valence-corrected chi connectivity index (χ3v) is 1.68. The number of ether oxygens (including phenoxy) is 1. The van der Waals surface area contributed by atoms with Crippen molar-refractivity contribution >= 4 is 26.6 Å². The number of thiol groups is 1. The highest BCUT2D eigenvalue weighted by Crippen LogP contribution is 2.04. The number of hydrogen-bond acceptors (Lipinski definition) is 4. The zero-order valence-corrected chi connectivity index (χ0v) is 9.50. The highest BCUT2D eigenvalue weighted by molar-refractivity contribution is 7.75. The minimum absolute atomic E-state index is 0.187. The summed E-state index contributed by atoms with van der Waals surface area (Å²) in [4.78, 5) is 10.6. The Morgan fingerprint density at radius 2 is 2.00 bits per heavy atom. The Morgan fingerprint density at radius 1 is 1.33 bits per heavy atom. The number of carbonyl (C=O) groups is 1. The molecule has 5 heteroatoms. The summed E-state index contributed by atoms with van der Waals surface area (Å²) < 4.78 is 9.47. The van der Waals surface area contributed by atoms with E-state index in [1.807, 2.05) is 0 Å². The first-order valence-corrected chi connectivity index (χ1v) is 4.61. The Labute approximate surface area is 96.2 Å². The predicted octanol–water partition coefficient (Wildman–Crippen LogP) is 1.80. The van der Waals surface area contributed by atoms with Gasteiger partial charge in [0.15, 0.2) is 0 Å². The van der Waals surface area contributed by atoms with E-state index >= 15 is 0 Å². The van der Waals surface area contributed by atoms with Gasteiger partial charge in [-0.1, -0.05) is 25.3 Å². The lowest BCUT2D eigenvalue weighted by Gasteiger charge is -2.02. The SMILES string of the molecule is BC(=O)OC/C(C=C)=C/C=C(\C=C)OS. The molecule has 0 saturated carbocycles. The highest BCUT2D eigenvalue weighted by Gasteiger charge is 1.95. The maximum absolute atomic E-state index is 10.6. The van der Waals surface area contributed by atoms with Crippen molar-refractivity contribution in [3.05, 3.63) is 48.8 Å². The molecule has 0 atom stereocenters. The number of hydrogen-bond donors (Lipinski definition) is 1. The Morgan fingerprint density at radius 3 is 2.40 bits per heavy atom. The molecule has 3 nitrogen and oxygen atoms in total. The fourth-order valence-electron chi connectivity index (χ4n) is 0.685. The number of allylic oxidation sites excluding steroid dienone is 3. The monoisotopic (exact) mass is 224 g/mol. The molecule has 0 aliphatic rings. The van der Waals surface area contributed by atoms with E-state index < -0.39 is 0 Å². The van der Waals surface area contributed by atoms with Crippen LogP contribution >= 0.6 is 12.9 Å². The molecule has 0 aromatic heterocycles. The average molecular weight is 224 g/mol. The average Bonchev–Trinajstić information content (AvgIpc) is 2.23. The summed E-state index contributed by atoms with van der Waals surface area (Å²) in [5.41, 5.74) is 0.759. The van der Waals surface area contributed by atoms with E-state index in [2.05, 4.69) is 30.3 Å². The van der Waals surface area contributed by atoms with Crippen molar-refractivity contribution in [3.63, 3.8) is 0 Å². The van der Waals surface area contributed by atoms with Crippen LogP contribution in [0.4, 0.5) is 4.79 Å². The van der Waals surface area contributed by atoms with E-state index in [4.69, 9.17) is 4.74 Å². The zero-order chi connectivity index (χ0) is 11.7. The molecule has 80 valence electrons. The van der Waals surface area contributed by atoms with Gasteiger partial charge in [0.05, 0.1) is 0 Å². The molecule has 0 aromatic rings. The second kappa shape index (κ2) is 7.99. The van der Waals surface area contributed by atoms with E-state index in [0.717, 1.165) is 5.57 Å². The maximum atomic E-state index is 10.6. The molecule has 0 aliphatic carbocycles. The summed E-state index contributed by atoms with van der Waals surface area (Å²) in [6.45, 7) is 7.31. The van der Waals surface area contributed by atoms with Crippen LogP contribution in [0.25, 0.3) is 0 Å². The van der Waals surface area contributed by atoms with Crippen molar-refractivity contribution in [2.75, 3.05) is 6.61 Å². The van der Waals surface area contributed by atoms with E-state index in [0.29, 0.717) is 5.76 Å². The van der Waals surface area contributed by atoms with Crippen molar-refractivity contribution in [1.82, 2.24) is 0 Å². The fraction of sp³-hybridized carbons (Fsp3) is 0.100. The molecule has 0 radical (unpaired) electrons. The zero-order valence-electron chi connectivity index (χ0n) is 8.60. The van der Waals surface area contributed by atoms with E-state index in [-0.39, 0.29) is 12.5 Å². The molecule has 0 heterocycles. The van der Waals surface area contributed by atoms with Crippen LogP contribution in [0, 0.1) is 0 Å². The Kier molecular flexibility index (Phi) is 7.27. The molecule has 0 fully saturated rings. The van der Waals surface area contributed by atoms with Crippen molar-refractivity contribution in [3.8, 4) is 0 Å². The first-order chi connectivity index (χ1) is 7.13. The lowest BCUT2D eigenvalue weighted by atomic mass is 10.2. The highest BCUT2D eigenvalue weighted by atomic mass is 32.1. The number of carbonyl (C=O) groups excluding carboxylic acids is 1. The van der Waals surface area contributed by atoms with Gasteiger partial charge in [-0.05, 0) is 17.7 Å². The van der Waals surface area contributed by atoms with Crippen LogP contribution in [0.15, 0.2) is 48.8 Å². The fourth-order valence-corrected chi connectivity index (χ4v) is 0.820. The molecule has 0 amide bonds. The van der Waals surface area contributed by atoms with E-state index in [1.54, 1.807) is 18.2 Å². The molecule has 0 saturated heterocycles. The van der Waals surface area contributed by atoms with Gasteiger partial charge >= 0.3 is 0 Å². The molecule has 0 rings (SSSR count). The minimum Gasteiger partial charge on any atom is -0.469 e. The molecule has 0 aromatic carbocycles. The summed E-state index contributed by atoms with van der Waals surface area (Å²) in [5.74, 6) is 0.168. The van der Waals surface area contributed by atoms with E-state index in [9.17, 15) is 4.79 Å². The van der Waals surface area contributed by atoms with Crippen LogP contribution in [-0.2, 0) is 8.92 Å². The van der Waals surface area contributed by atoms with Gasteiger partial charge < -0.3 is 8.92 Å². The smallest absolute Gasteiger partial charge is 0.243 e. The van der Waals surface area contributed by atoms with Crippen LogP contribution < -0.4 is 0 Å². The predicted molar refractivity (Wildman–Crippen MR) is 66.5 cm³/mol. The standard InChI is InChI=1S/C10H13BO3S/c1-3-8(7-13-10(11)12)5-6-9(4-2)14-15/h3-6,15H,1-2,7,11H2/b8-5+,9-6+. The summed E-state index contributed by atoms with van der Waals surface area (Å²) >= 11 is 3.63. The summed E-state index contributed by atoms with van der Waals surface area (Å²) in [5, 5.41) is 0. The van der Waals surface area contributed by atoms with Gasteiger partial charge in [-0.25, -0.2) is 0 Å². The molecule has 0 aliphatic heterocycles. The maximum Gasteiger partial charge on any atom is 0.243 e. The van der Waals surface area contributed by atoms with Gasteiger partial charge in [0.1, 0.15) is 12.4 Å². The van der Waals surface area contributed by atoms with Gasteiger partial charge in [-0.15, -0.1) is 0 Å². The van der Waals surface area contributed by atoms with Gasteiger partial charge in [0.25, 0.3) is 0 Å². The molecular formula is C10H13BO3S. The topological polar surface area (TPSA) is 35.5 Å². The summed E-state index contributed by atoms with van der Waals surface area (Å²) in [6.07, 6.45) is 6.47. The molecule has 0 N–H and O–H groups in total. The lowest BCUT2D eigenvalue weighted by molar-refractivity contribution is 0.184. The van der Waals surface area contributed by atoms with Crippen molar-refractivity contribution in [1.29, 1.82) is 0 Å². The second-order valence-corrected chi connectivity index (χ2v) is 2.77. The third-order valence-electron chi connectivity index (χ3n) is 1.47. The molecule has 0 spiro atoms. The Hall–Kier alpha value is -1.36. The minimum atomic E-state index is -0.332. The van der Waals surface area contributed by atoms with Crippen molar-refractivity contribution < 1.29 is 13.7 Å². The second-order valence-electron chi connectivity index (χ2n) is 2.59. The van der Waals surface area contributed by atoms with Crippen LogP contribution in [-0.4, -0.2) is 20.3 Å². The first-order valence-electron chi connectivity index (χ1n) is 4.24.